The Morgan fingerprint density at radius 3 is 3.00 bits per heavy atom. The van der Waals surface area contributed by atoms with Gasteiger partial charge < -0.3 is 4.74 Å². The standard InChI is InChI=1S/C9H7ClO2/c10-7-3-1-2-6-4-5-8(11)12-9(6)7/h1-3H,4-5H2. The minimum Gasteiger partial charge on any atom is -0.425 e. The lowest BCUT2D eigenvalue weighted by atomic mass is 10.1. The number of carbonyl (C=O) groups excluding carboxylic acids is 1. The molecule has 2 nitrogen and oxygen atoms in total. The van der Waals surface area contributed by atoms with Crippen molar-refractivity contribution < 1.29 is 9.53 Å². The highest BCUT2D eigenvalue weighted by molar-refractivity contribution is 6.32. The number of hydrogen-bond acceptors (Lipinski definition) is 2. The summed E-state index contributed by atoms with van der Waals surface area (Å²) in [5.41, 5.74) is 1.02. The summed E-state index contributed by atoms with van der Waals surface area (Å²) in [5, 5.41) is 0.514. The summed E-state index contributed by atoms with van der Waals surface area (Å²) in [6, 6.07) is 5.51. The first-order valence-corrected chi connectivity index (χ1v) is 4.13. The van der Waals surface area contributed by atoms with Crippen molar-refractivity contribution in [2.24, 2.45) is 0 Å². The second kappa shape index (κ2) is 2.79. The number of halogens is 1. The highest BCUT2D eigenvalue weighted by Crippen LogP contribution is 2.32. The first kappa shape index (κ1) is 7.62. The lowest BCUT2D eigenvalue weighted by Crippen LogP contribution is -2.15. The van der Waals surface area contributed by atoms with Crippen LogP contribution >= 0.6 is 11.6 Å². The number of para-hydroxylation sites is 1. The van der Waals surface area contributed by atoms with Gasteiger partial charge in [0.15, 0.2) is 5.75 Å². The molecular formula is C9H7ClO2. The van der Waals surface area contributed by atoms with Crippen molar-refractivity contribution >= 4 is 17.6 Å². The van der Waals surface area contributed by atoms with Gasteiger partial charge in [-0.2, -0.15) is 0 Å². The lowest BCUT2D eigenvalue weighted by Gasteiger charge is -2.15. The topological polar surface area (TPSA) is 26.3 Å². The molecule has 0 saturated heterocycles. The van der Waals surface area contributed by atoms with E-state index >= 15 is 0 Å². The molecule has 12 heavy (non-hydrogen) atoms. The molecule has 0 aromatic heterocycles. The Labute approximate surface area is 75.1 Å². The van der Waals surface area contributed by atoms with Crippen LogP contribution in [0.5, 0.6) is 5.75 Å². The number of fused-ring (bicyclic) bond motifs is 1. The Morgan fingerprint density at radius 1 is 1.33 bits per heavy atom. The summed E-state index contributed by atoms with van der Waals surface area (Å²) in [5.74, 6) is 0.339. The van der Waals surface area contributed by atoms with Gasteiger partial charge in [-0.1, -0.05) is 23.7 Å². The van der Waals surface area contributed by atoms with Crippen molar-refractivity contribution in [3.8, 4) is 5.75 Å². The van der Waals surface area contributed by atoms with Crippen LogP contribution in [0.25, 0.3) is 0 Å². The van der Waals surface area contributed by atoms with Gasteiger partial charge in [0.1, 0.15) is 0 Å². The number of rotatable bonds is 0. The first-order valence-electron chi connectivity index (χ1n) is 3.75. The van der Waals surface area contributed by atoms with Gasteiger partial charge in [0.25, 0.3) is 0 Å². The summed E-state index contributed by atoms with van der Waals surface area (Å²) < 4.78 is 4.99. The molecule has 0 N–H and O–H groups in total. The smallest absolute Gasteiger partial charge is 0.311 e. The molecule has 2 rings (SSSR count). The molecular weight excluding hydrogens is 176 g/mol. The van der Waals surface area contributed by atoms with E-state index in [-0.39, 0.29) is 5.97 Å². The number of benzene rings is 1. The molecule has 62 valence electrons. The van der Waals surface area contributed by atoms with Gasteiger partial charge in [0.05, 0.1) is 11.4 Å². The molecule has 0 spiro atoms. The van der Waals surface area contributed by atoms with E-state index in [9.17, 15) is 4.79 Å². The van der Waals surface area contributed by atoms with E-state index in [1.165, 1.54) is 0 Å². The summed E-state index contributed by atoms with van der Waals surface area (Å²) in [7, 11) is 0. The number of hydrogen-bond donors (Lipinski definition) is 0. The Hall–Kier alpha value is -1.02. The minimum absolute atomic E-state index is 0.199. The summed E-state index contributed by atoms with van der Waals surface area (Å²) in [6.45, 7) is 0. The van der Waals surface area contributed by atoms with E-state index in [4.69, 9.17) is 16.3 Å². The van der Waals surface area contributed by atoms with Crippen molar-refractivity contribution in [2.75, 3.05) is 0 Å². The zero-order chi connectivity index (χ0) is 8.55. The Kier molecular flexibility index (Phi) is 1.77. The molecule has 1 aliphatic rings. The van der Waals surface area contributed by atoms with Gasteiger partial charge in [-0.25, -0.2) is 0 Å². The predicted octanol–water partition coefficient (Wildman–Crippen LogP) is 2.19. The molecule has 0 fully saturated rings. The van der Waals surface area contributed by atoms with Gasteiger partial charge in [0, 0.05) is 0 Å². The molecule has 1 aliphatic heterocycles. The fourth-order valence-corrected chi connectivity index (χ4v) is 1.50. The predicted molar refractivity (Wildman–Crippen MR) is 45.4 cm³/mol. The van der Waals surface area contributed by atoms with Gasteiger partial charge >= 0.3 is 5.97 Å². The fraction of sp³-hybridized carbons (Fsp3) is 0.222. The lowest BCUT2D eigenvalue weighted by molar-refractivity contribution is -0.135. The molecule has 0 unspecified atom stereocenters. The van der Waals surface area contributed by atoms with Crippen molar-refractivity contribution in [3.05, 3.63) is 28.8 Å². The average molecular weight is 183 g/mol. The molecule has 0 saturated carbocycles. The molecule has 1 aromatic carbocycles. The molecule has 1 aromatic rings. The number of esters is 1. The van der Waals surface area contributed by atoms with Crippen LogP contribution in [0.1, 0.15) is 12.0 Å². The van der Waals surface area contributed by atoms with Crippen LogP contribution in [0, 0.1) is 0 Å². The average Bonchev–Trinajstić information content (AvgIpc) is 2.07. The van der Waals surface area contributed by atoms with Crippen LogP contribution in [0.2, 0.25) is 5.02 Å². The maximum absolute atomic E-state index is 10.9. The largest absolute Gasteiger partial charge is 0.425 e. The van der Waals surface area contributed by atoms with Crippen LogP contribution in [-0.2, 0) is 11.2 Å². The van der Waals surface area contributed by atoms with Crippen molar-refractivity contribution in [2.45, 2.75) is 12.8 Å². The van der Waals surface area contributed by atoms with Gasteiger partial charge in [-0.05, 0) is 18.1 Å². The third-order valence-corrected chi connectivity index (χ3v) is 2.16. The maximum atomic E-state index is 10.9. The zero-order valence-electron chi connectivity index (χ0n) is 6.34. The normalized spacial score (nSPS) is 15.2. The van der Waals surface area contributed by atoms with E-state index in [0.717, 1.165) is 12.0 Å². The third kappa shape index (κ3) is 1.18. The monoisotopic (exact) mass is 182 g/mol. The molecule has 3 heteroatoms. The van der Waals surface area contributed by atoms with E-state index < -0.39 is 0 Å². The molecule has 1 heterocycles. The van der Waals surface area contributed by atoms with Crippen LogP contribution in [0.3, 0.4) is 0 Å². The van der Waals surface area contributed by atoms with E-state index in [0.29, 0.717) is 17.2 Å². The molecule has 0 radical (unpaired) electrons. The molecule has 0 atom stereocenters. The maximum Gasteiger partial charge on any atom is 0.311 e. The molecule has 0 aliphatic carbocycles. The number of carbonyl (C=O) groups is 1. The van der Waals surface area contributed by atoms with Crippen molar-refractivity contribution in [1.82, 2.24) is 0 Å². The van der Waals surface area contributed by atoms with Gasteiger partial charge in [-0.15, -0.1) is 0 Å². The highest BCUT2D eigenvalue weighted by Gasteiger charge is 2.18. The Balaban J connectivity index is 2.50. The van der Waals surface area contributed by atoms with Crippen LogP contribution in [0.15, 0.2) is 18.2 Å². The van der Waals surface area contributed by atoms with Gasteiger partial charge in [-0.3, -0.25) is 4.79 Å². The van der Waals surface area contributed by atoms with Crippen LogP contribution in [-0.4, -0.2) is 5.97 Å². The second-order valence-corrected chi connectivity index (χ2v) is 3.11. The van der Waals surface area contributed by atoms with Crippen LogP contribution in [0.4, 0.5) is 0 Å². The zero-order valence-corrected chi connectivity index (χ0v) is 7.10. The first-order chi connectivity index (χ1) is 5.77. The summed E-state index contributed by atoms with van der Waals surface area (Å²) in [4.78, 5) is 10.9. The van der Waals surface area contributed by atoms with Crippen molar-refractivity contribution in [1.29, 1.82) is 0 Å². The van der Waals surface area contributed by atoms with Gasteiger partial charge in [0.2, 0.25) is 0 Å². The summed E-state index contributed by atoms with van der Waals surface area (Å²) >= 11 is 5.83. The highest BCUT2D eigenvalue weighted by atomic mass is 35.5. The fourth-order valence-electron chi connectivity index (χ4n) is 1.27. The third-order valence-electron chi connectivity index (χ3n) is 1.86. The van der Waals surface area contributed by atoms with E-state index in [1.54, 1.807) is 6.07 Å². The molecule has 0 amide bonds. The molecule has 0 bridgehead atoms. The number of aryl methyl sites for hydroxylation is 1. The van der Waals surface area contributed by atoms with Crippen LogP contribution < -0.4 is 4.74 Å². The number of ether oxygens (including phenoxy) is 1. The van der Waals surface area contributed by atoms with E-state index in [2.05, 4.69) is 0 Å². The minimum atomic E-state index is -0.199. The Bertz CT molecular complexity index is 333. The Morgan fingerprint density at radius 2 is 2.17 bits per heavy atom. The quantitative estimate of drug-likeness (QED) is 0.454. The summed E-state index contributed by atoms with van der Waals surface area (Å²) in [6.07, 6.45) is 1.18. The second-order valence-electron chi connectivity index (χ2n) is 2.70. The SMILES string of the molecule is O=C1CCc2cccc(Cl)c2O1. The van der Waals surface area contributed by atoms with Crippen molar-refractivity contribution in [3.63, 3.8) is 0 Å². The van der Waals surface area contributed by atoms with E-state index in [1.807, 2.05) is 12.1 Å².